The van der Waals surface area contributed by atoms with E-state index in [9.17, 15) is 9.59 Å². The minimum atomic E-state index is -0.192. The van der Waals surface area contributed by atoms with Crippen LogP contribution in [0.3, 0.4) is 0 Å². The van der Waals surface area contributed by atoms with Gasteiger partial charge in [-0.15, -0.1) is 0 Å². The van der Waals surface area contributed by atoms with Gasteiger partial charge in [0.2, 0.25) is 5.91 Å². The summed E-state index contributed by atoms with van der Waals surface area (Å²) in [4.78, 5) is 31.8. The van der Waals surface area contributed by atoms with Gasteiger partial charge >= 0.3 is 0 Å². The van der Waals surface area contributed by atoms with Gasteiger partial charge < -0.3 is 10.3 Å². The van der Waals surface area contributed by atoms with Gasteiger partial charge in [0, 0.05) is 17.7 Å². The smallest absolute Gasteiger partial charge is 0.230 e. The maximum atomic E-state index is 12.0. The van der Waals surface area contributed by atoms with Gasteiger partial charge in [0.15, 0.2) is 10.9 Å². The van der Waals surface area contributed by atoms with Gasteiger partial charge in [0.1, 0.15) is 0 Å². The number of imidazole rings is 1. The molecule has 0 atom stereocenters. The highest BCUT2D eigenvalue weighted by Gasteiger charge is 2.11. The predicted molar refractivity (Wildman–Crippen MR) is 107 cm³/mol. The lowest BCUT2D eigenvalue weighted by Crippen LogP contribution is -2.30. The third-order valence-corrected chi connectivity index (χ3v) is 4.93. The van der Waals surface area contributed by atoms with Crippen molar-refractivity contribution in [2.24, 2.45) is 0 Å². The first kappa shape index (κ1) is 18.9. The van der Waals surface area contributed by atoms with Crippen LogP contribution in [0.1, 0.15) is 27.3 Å². The number of benzene rings is 2. The normalized spacial score (nSPS) is 10.6. The third kappa shape index (κ3) is 5.56. The molecule has 138 valence electrons. The van der Waals surface area contributed by atoms with E-state index in [0.717, 1.165) is 17.8 Å². The second-order valence-electron chi connectivity index (χ2n) is 6.13. The van der Waals surface area contributed by atoms with E-state index in [-0.39, 0.29) is 24.0 Å². The zero-order valence-corrected chi connectivity index (χ0v) is 15.9. The van der Waals surface area contributed by atoms with Crippen molar-refractivity contribution in [3.05, 3.63) is 83.2 Å². The molecule has 0 fully saturated rings. The van der Waals surface area contributed by atoms with E-state index in [1.165, 1.54) is 17.3 Å². The molecule has 1 amide bonds. The van der Waals surface area contributed by atoms with E-state index in [4.69, 9.17) is 0 Å². The zero-order chi connectivity index (χ0) is 19.1. The van der Waals surface area contributed by atoms with E-state index < -0.39 is 0 Å². The summed E-state index contributed by atoms with van der Waals surface area (Å²) in [5, 5.41) is 3.37. The Kier molecular flexibility index (Phi) is 6.44. The van der Waals surface area contributed by atoms with E-state index in [0.29, 0.717) is 10.7 Å². The molecule has 2 aromatic carbocycles. The fraction of sp³-hybridized carbons (Fsp3) is 0.190. The summed E-state index contributed by atoms with van der Waals surface area (Å²) in [5.41, 5.74) is 3.77. The Labute approximate surface area is 162 Å². The number of nitrogens with zero attached hydrogens (tertiary/aromatic N) is 1. The summed E-state index contributed by atoms with van der Waals surface area (Å²) < 4.78 is 0. The van der Waals surface area contributed by atoms with E-state index in [1.54, 1.807) is 24.3 Å². The van der Waals surface area contributed by atoms with Crippen LogP contribution < -0.4 is 5.32 Å². The van der Waals surface area contributed by atoms with Crippen LogP contribution in [0.25, 0.3) is 0 Å². The molecule has 3 rings (SSSR count). The number of aromatic amines is 1. The number of hydrogen-bond acceptors (Lipinski definition) is 4. The van der Waals surface area contributed by atoms with Crippen molar-refractivity contribution < 1.29 is 9.59 Å². The lowest BCUT2D eigenvalue weighted by molar-refractivity contribution is -0.118. The number of carbonyl (C=O) groups is 2. The molecule has 0 aliphatic carbocycles. The molecule has 27 heavy (non-hydrogen) atoms. The molecule has 5 nitrogen and oxygen atoms in total. The molecule has 0 saturated carbocycles. The molecule has 0 unspecified atom stereocenters. The molecule has 0 spiro atoms. The van der Waals surface area contributed by atoms with E-state index in [2.05, 4.69) is 27.4 Å². The van der Waals surface area contributed by atoms with Crippen LogP contribution >= 0.6 is 11.8 Å². The lowest BCUT2D eigenvalue weighted by Gasteiger charge is -2.04. The highest BCUT2D eigenvalue weighted by atomic mass is 32.2. The Morgan fingerprint density at radius 3 is 2.41 bits per heavy atom. The number of carbonyl (C=O) groups excluding carboxylic acids is 2. The largest absolute Gasteiger partial charge is 0.348 e. The fourth-order valence-electron chi connectivity index (χ4n) is 2.59. The monoisotopic (exact) mass is 379 g/mol. The van der Waals surface area contributed by atoms with Crippen molar-refractivity contribution in [3.63, 3.8) is 0 Å². The van der Waals surface area contributed by atoms with Crippen LogP contribution in [0, 0.1) is 6.92 Å². The first-order chi connectivity index (χ1) is 13.1. The van der Waals surface area contributed by atoms with E-state index >= 15 is 0 Å². The summed E-state index contributed by atoms with van der Waals surface area (Å²) >= 11 is 1.33. The molecular formula is C21H21N3O2S. The van der Waals surface area contributed by atoms with Crippen molar-refractivity contribution in [1.29, 1.82) is 0 Å². The first-order valence-corrected chi connectivity index (χ1v) is 9.67. The number of thioether (sulfide) groups is 1. The van der Waals surface area contributed by atoms with Crippen LogP contribution in [0.4, 0.5) is 0 Å². The Balaban J connectivity index is 1.48. The molecule has 2 N–H and O–H groups in total. The quantitative estimate of drug-likeness (QED) is 0.465. The molecular weight excluding hydrogens is 358 g/mol. The number of H-pyrrole nitrogens is 1. The van der Waals surface area contributed by atoms with Gasteiger partial charge in [-0.3, -0.25) is 9.59 Å². The summed E-state index contributed by atoms with van der Waals surface area (Å²) in [5.74, 6) is -0.0873. The second kappa shape index (κ2) is 9.19. The van der Waals surface area contributed by atoms with Gasteiger partial charge in [-0.05, 0) is 12.5 Å². The Morgan fingerprint density at radius 2 is 1.70 bits per heavy atom. The number of rotatable bonds is 8. The summed E-state index contributed by atoms with van der Waals surface area (Å²) in [7, 11) is 0. The van der Waals surface area contributed by atoms with Gasteiger partial charge in [0.25, 0.3) is 0 Å². The summed E-state index contributed by atoms with van der Waals surface area (Å²) in [6.07, 6.45) is 0.751. The van der Waals surface area contributed by atoms with Crippen molar-refractivity contribution in [2.75, 3.05) is 12.3 Å². The number of hydrogen-bond donors (Lipinski definition) is 2. The van der Waals surface area contributed by atoms with Gasteiger partial charge in [-0.1, -0.05) is 72.4 Å². The average Bonchev–Trinajstić information content (AvgIpc) is 3.05. The lowest BCUT2D eigenvalue weighted by atomic mass is 10.1. The highest BCUT2D eigenvalue weighted by molar-refractivity contribution is 7.99. The van der Waals surface area contributed by atoms with Crippen molar-refractivity contribution in [2.45, 2.75) is 18.5 Å². The summed E-state index contributed by atoms with van der Waals surface area (Å²) in [6, 6.07) is 19.1. The molecule has 1 aromatic heterocycles. The van der Waals surface area contributed by atoms with Crippen molar-refractivity contribution in [1.82, 2.24) is 15.3 Å². The van der Waals surface area contributed by atoms with Crippen LogP contribution in [-0.2, 0) is 11.2 Å². The zero-order valence-electron chi connectivity index (χ0n) is 15.1. The average molecular weight is 379 g/mol. The van der Waals surface area contributed by atoms with Crippen LogP contribution in [0.15, 0.2) is 65.8 Å². The number of Topliss-reactive ketones (excluding diaryl/α,β-unsaturated/α-hetero) is 1. The highest BCUT2D eigenvalue weighted by Crippen LogP contribution is 2.18. The molecule has 0 radical (unpaired) electrons. The number of aryl methyl sites for hydroxylation is 1. The fourth-order valence-corrected chi connectivity index (χ4v) is 3.36. The molecule has 0 aliphatic heterocycles. The van der Waals surface area contributed by atoms with Gasteiger partial charge in [-0.25, -0.2) is 4.98 Å². The standard InChI is InChI=1S/C21H21N3O2S/c1-15-18(12-16-8-4-2-5-9-16)24-21(23-15)27-14-20(26)22-13-19(25)17-10-6-3-7-11-17/h2-11H,12-14H2,1H3,(H,22,26)(H,23,24). The molecule has 1 heterocycles. The van der Waals surface area contributed by atoms with Crippen LogP contribution in [0.2, 0.25) is 0 Å². The topological polar surface area (TPSA) is 74.8 Å². The Bertz CT molecular complexity index is 908. The molecule has 0 saturated heterocycles. The Hall–Kier alpha value is -2.86. The minimum absolute atomic E-state index is 0.000152. The third-order valence-electron chi connectivity index (χ3n) is 4.06. The van der Waals surface area contributed by atoms with Crippen LogP contribution in [0.5, 0.6) is 0 Å². The van der Waals surface area contributed by atoms with Gasteiger partial charge in [0.05, 0.1) is 18.0 Å². The Morgan fingerprint density at radius 1 is 1.04 bits per heavy atom. The van der Waals surface area contributed by atoms with Crippen LogP contribution in [-0.4, -0.2) is 34.0 Å². The molecule has 6 heteroatoms. The molecule has 3 aromatic rings. The number of aromatic nitrogens is 2. The SMILES string of the molecule is Cc1[nH]c(SCC(=O)NCC(=O)c2ccccc2)nc1Cc1ccccc1. The van der Waals surface area contributed by atoms with Crippen molar-refractivity contribution >= 4 is 23.5 Å². The second-order valence-corrected chi connectivity index (χ2v) is 7.09. The predicted octanol–water partition coefficient (Wildman–Crippen LogP) is 3.40. The minimum Gasteiger partial charge on any atom is -0.348 e. The van der Waals surface area contributed by atoms with Gasteiger partial charge in [-0.2, -0.15) is 0 Å². The summed E-state index contributed by atoms with van der Waals surface area (Å²) in [6.45, 7) is 1.98. The maximum Gasteiger partial charge on any atom is 0.230 e. The van der Waals surface area contributed by atoms with Crippen molar-refractivity contribution in [3.8, 4) is 0 Å². The maximum absolute atomic E-state index is 12.0. The molecule has 0 bridgehead atoms. The number of ketones is 1. The molecule has 0 aliphatic rings. The van der Waals surface area contributed by atoms with E-state index in [1.807, 2.05) is 31.2 Å². The first-order valence-electron chi connectivity index (χ1n) is 8.69. The number of amides is 1. The number of nitrogens with one attached hydrogen (secondary N) is 2.